The van der Waals surface area contributed by atoms with E-state index >= 15 is 0 Å². The number of ether oxygens (including phenoxy) is 1. The number of primary amides is 1. The maximum absolute atomic E-state index is 13.1. The summed E-state index contributed by atoms with van der Waals surface area (Å²) in [5.74, 6) is -0.757. The van der Waals surface area contributed by atoms with E-state index in [-0.39, 0.29) is 11.9 Å². The van der Waals surface area contributed by atoms with E-state index in [9.17, 15) is 9.18 Å². The minimum atomic E-state index is -0.562. The van der Waals surface area contributed by atoms with E-state index in [0.29, 0.717) is 25.3 Å². The molecule has 1 amide bonds. The van der Waals surface area contributed by atoms with Crippen molar-refractivity contribution in [1.82, 2.24) is 4.90 Å². The standard InChI is InChI=1S/C19H21FN2O2/c20-16-8-6-15(7-9-16)18(19(21)23)22-10-11-24-17(13-22)12-14-4-2-1-3-5-14/h1-9,17-18H,10-13H2,(H2,21,23). The number of hydrogen-bond acceptors (Lipinski definition) is 3. The molecule has 1 aliphatic rings. The Balaban J connectivity index is 1.73. The predicted octanol–water partition coefficient (Wildman–Crippen LogP) is 2.30. The first-order valence-electron chi connectivity index (χ1n) is 8.08. The van der Waals surface area contributed by atoms with Gasteiger partial charge in [0.15, 0.2) is 0 Å². The fraction of sp³-hybridized carbons (Fsp3) is 0.316. The Morgan fingerprint density at radius 1 is 1.21 bits per heavy atom. The molecule has 2 atom stereocenters. The zero-order valence-electron chi connectivity index (χ0n) is 13.4. The summed E-state index contributed by atoms with van der Waals surface area (Å²) in [4.78, 5) is 14.0. The summed E-state index contributed by atoms with van der Waals surface area (Å²) < 4.78 is 19.0. The molecule has 1 fully saturated rings. The first kappa shape index (κ1) is 16.6. The highest BCUT2D eigenvalue weighted by Gasteiger charge is 2.31. The minimum absolute atomic E-state index is 0.00319. The van der Waals surface area contributed by atoms with Crippen LogP contribution in [0.3, 0.4) is 0 Å². The maximum atomic E-state index is 13.1. The molecule has 2 unspecified atom stereocenters. The fourth-order valence-corrected chi connectivity index (χ4v) is 3.18. The second kappa shape index (κ2) is 7.55. The van der Waals surface area contributed by atoms with E-state index in [0.717, 1.165) is 6.42 Å². The first-order chi connectivity index (χ1) is 11.6. The molecular weight excluding hydrogens is 307 g/mol. The van der Waals surface area contributed by atoms with Gasteiger partial charge in [-0.15, -0.1) is 0 Å². The zero-order chi connectivity index (χ0) is 16.9. The van der Waals surface area contributed by atoms with Gasteiger partial charge in [-0.1, -0.05) is 42.5 Å². The summed E-state index contributed by atoms with van der Waals surface area (Å²) in [6.45, 7) is 1.78. The summed E-state index contributed by atoms with van der Waals surface area (Å²) in [7, 11) is 0. The number of benzene rings is 2. The highest BCUT2D eigenvalue weighted by atomic mass is 19.1. The van der Waals surface area contributed by atoms with Crippen LogP contribution in [-0.4, -0.2) is 36.6 Å². The molecule has 0 bridgehead atoms. The normalized spacial score (nSPS) is 19.8. The van der Waals surface area contributed by atoms with Gasteiger partial charge in [-0.2, -0.15) is 0 Å². The van der Waals surface area contributed by atoms with E-state index in [1.165, 1.54) is 17.7 Å². The van der Waals surface area contributed by atoms with Gasteiger partial charge in [0.25, 0.3) is 0 Å². The van der Waals surface area contributed by atoms with Crippen molar-refractivity contribution < 1.29 is 13.9 Å². The van der Waals surface area contributed by atoms with Crippen LogP contribution in [0.5, 0.6) is 0 Å². The molecule has 2 N–H and O–H groups in total. The Labute approximate surface area is 141 Å². The van der Waals surface area contributed by atoms with Gasteiger partial charge in [-0.3, -0.25) is 9.69 Å². The highest BCUT2D eigenvalue weighted by Crippen LogP contribution is 2.24. The third-order valence-electron chi connectivity index (χ3n) is 4.30. The second-order valence-corrected chi connectivity index (χ2v) is 6.03. The monoisotopic (exact) mass is 328 g/mol. The van der Waals surface area contributed by atoms with Crippen molar-refractivity contribution in [2.45, 2.75) is 18.6 Å². The van der Waals surface area contributed by atoms with E-state index in [1.807, 2.05) is 23.1 Å². The molecule has 3 rings (SSSR count). The van der Waals surface area contributed by atoms with Gasteiger partial charge in [0.2, 0.25) is 5.91 Å². The van der Waals surface area contributed by atoms with Crippen LogP contribution in [0.1, 0.15) is 17.2 Å². The van der Waals surface area contributed by atoms with Gasteiger partial charge >= 0.3 is 0 Å². The summed E-state index contributed by atoms with van der Waals surface area (Å²) >= 11 is 0. The molecule has 1 heterocycles. The number of morpholine rings is 1. The average Bonchev–Trinajstić information content (AvgIpc) is 2.58. The van der Waals surface area contributed by atoms with Gasteiger partial charge in [0.1, 0.15) is 11.9 Å². The van der Waals surface area contributed by atoms with Crippen LogP contribution in [0.15, 0.2) is 54.6 Å². The topological polar surface area (TPSA) is 55.6 Å². The van der Waals surface area contributed by atoms with Gasteiger partial charge < -0.3 is 10.5 Å². The molecule has 2 aromatic rings. The summed E-state index contributed by atoms with van der Waals surface area (Å²) in [6.07, 6.45) is 0.787. The van der Waals surface area contributed by atoms with Crippen molar-refractivity contribution in [1.29, 1.82) is 0 Å². The van der Waals surface area contributed by atoms with Gasteiger partial charge in [-0.25, -0.2) is 4.39 Å². The molecular formula is C19H21FN2O2. The number of carbonyl (C=O) groups excluding carboxylic acids is 1. The molecule has 0 radical (unpaired) electrons. The first-order valence-corrected chi connectivity index (χ1v) is 8.08. The van der Waals surface area contributed by atoms with Crippen molar-refractivity contribution in [3.63, 3.8) is 0 Å². The number of carbonyl (C=O) groups is 1. The van der Waals surface area contributed by atoms with Crippen LogP contribution in [0.4, 0.5) is 4.39 Å². The quantitative estimate of drug-likeness (QED) is 0.916. The molecule has 1 aliphatic heterocycles. The lowest BCUT2D eigenvalue weighted by Crippen LogP contribution is -2.48. The van der Waals surface area contributed by atoms with Crippen molar-refractivity contribution in [3.05, 3.63) is 71.5 Å². The molecule has 5 heteroatoms. The van der Waals surface area contributed by atoms with E-state index in [4.69, 9.17) is 10.5 Å². The van der Waals surface area contributed by atoms with Crippen molar-refractivity contribution in [3.8, 4) is 0 Å². The smallest absolute Gasteiger partial charge is 0.239 e. The van der Waals surface area contributed by atoms with Gasteiger partial charge in [-0.05, 0) is 29.7 Å². The average molecular weight is 328 g/mol. The SMILES string of the molecule is NC(=O)C(c1ccc(F)cc1)N1CCOC(Cc2ccccc2)C1. The molecule has 1 saturated heterocycles. The number of hydrogen-bond donors (Lipinski definition) is 1. The van der Waals surface area contributed by atoms with Crippen LogP contribution < -0.4 is 5.73 Å². The van der Waals surface area contributed by atoms with Gasteiger partial charge in [0.05, 0.1) is 12.7 Å². The molecule has 0 spiro atoms. The van der Waals surface area contributed by atoms with E-state index in [2.05, 4.69) is 12.1 Å². The predicted molar refractivity (Wildman–Crippen MR) is 89.8 cm³/mol. The lowest BCUT2D eigenvalue weighted by atomic mass is 10.0. The number of rotatable bonds is 5. The maximum Gasteiger partial charge on any atom is 0.239 e. The lowest BCUT2D eigenvalue weighted by molar-refractivity contribution is -0.127. The summed E-state index contributed by atoms with van der Waals surface area (Å²) in [6, 6.07) is 15.5. The van der Waals surface area contributed by atoms with Crippen LogP contribution in [-0.2, 0) is 16.0 Å². The van der Waals surface area contributed by atoms with E-state index < -0.39 is 11.9 Å². The summed E-state index contributed by atoms with van der Waals surface area (Å²) in [5, 5.41) is 0. The second-order valence-electron chi connectivity index (χ2n) is 6.03. The molecule has 2 aromatic carbocycles. The molecule has 24 heavy (non-hydrogen) atoms. The number of halogens is 1. The Bertz CT molecular complexity index is 676. The van der Waals surface area contributed by atoms with Gasteiger partial charge in [0, 0.05) is 13.1 Å². The van der Waals surface area contributed by atoms with Crippen molar-refractivity contribution in [2.75, 3.05) is 19.7 Å². The van der Waals surface area contributed by atoms with Crippen LogP contribution in [0.2, 0.25) is 0 Å². The zero-order valence-corrected chi connectivity index (χ0v) is 13.4. The minimum Gasteiger partial charge on any atom is -0.375 e. The van der Waals surface area contributed by atoms with Crippen LogP contribution >= 0.6 is 0 Å². The van der Waals surface area contributed by atoms with E-state index in [1.54, 1.807) is 12.1 Å². The molecule has 0 saturated carbocycles. The highest BCUT2D eigenvalue weighted by molar-refractivity contribution is 5.81. The molecule has 0 aromatic heterocycles. The summed E-state index contributed by atoms with van der Waals surface area (Å²) in [5.41, 5.74) is 7.53. The Hall–Kier alpha value is -2.24. The lowest BCUT2D eigenvalue weighted by Gasteiger charge is -2.37. The van der Waals surface area contributed by atoms with Crippen LogP contribution in [0.25, 0.3) is 0 Å². The number of nitrogens with two attached hydrogens (primary N) is 1. The Morgan fingerprint density at radius 2 is 1.92 bits per heavy atom. The Morgan fingerprint density at radius 3 is 2.58 bits per heavy atom. The van der Waals surface area contributed by atoms with Crippen LogP contribution in [0, 0.1) is 5.82 Å². The Kier molecular flexibility index (Phi) is 5.23. The third-order valence-corrected chi connectivity index (χ3v) is 4.30. The molecule has 4 nitrogen and oxygen atoms in total. The van der Waals surface area contributed by atoms with Crippen molar-refractivity contribution in [2.24, 2.45) is 5.73 Å². The molecule has 126 valence electrons. The molecule has 0 aliphatic carbocycles. The number of amides is 1. The fourth-order valence-electron chi connectivity index (χ4n) is 3.18. The number of nitrogens with zero attached hydrogens (tertiary/aromatic N) is 1. The third kappa shape index (κ3) is 3.99. The largest absolute Gasteiger partial charge is 0.375 e. The van der Waals surface area contributed by atoms with Crippen molar-refractivity contribution >= 4 is 5.91 Å².